The van der Waals surface area contributed by atoms with Gasteiger partial charge in [-0.2, -0.15) is 0 Å². The molecule has 150 valence electrons. The molecule has 0 atom stereocenters. The number of benzene rings is 1. The zero-order valence-corrected chi connectivity index (χ0v) is 17.2. The number of nitrogens with one attached hydrogen (secondary N) is 1. The number of aromatic amines is 1. The summed E-state index contributed by atoms with van der Waals surface area (Å²) in [5.74, 6) is 1.32. The first-order valence-corrected chi connectivity index (χ1v) is 10.9. The lowest BCUT2D eigenvalue weighted by atomic mass is 9.88. The molecule has 0 spiro atoms. The molecule has 1 aliphatic heterocycles. The monoisotopic (exact) mass is 408 g/mol. The molecule has 3 aromatic rings. The van der Waals surface area contributed by atoms with Crippen LogP contribution in [0.1, 0.15) is 60.7 Å². The fraction of sp³-hybridized carbons (Fsp3) is 0.435. The third kappa shape index (κ3) is 3.81. The van der Waals surface area contributed by atoms with Crippen LogP contribution in [0, 0.1) is 0 Å². The zero-order valence-electron chi connectivity index (χ0n) is 16.5. The van der Waals surface area contributed by atoms with Crippen molar-refractivity contribution < 1.29 is 0 Å². The summed E-state index contributed by atoms with van der Waals surface area (Å²) in [6.45, 7) is 2.16. The number of para-hydroxylation sites is 1. The van der Waals surface area contributed by atoms with Crippen LogP contribution in [0.2, 0.25) is 5.15 Å². The minimum Gasteiger partial charge on any atom is -0.310 e. The molecule has 0 amide bonds. The Kier molecular flexibility index (Phi) is 5.10. The van der Waals surface area contributed by atoms with Crippen LogP contribution in [-0.2, 0) is 19.5 Å². The Morgan fingerprint density at radius 3 is 2.83 bits per heavy atom. The number of hydrogen-bond donors (Lipinski definition) is 1. The van der Waals surface area contributed by atoms with Crippen molar-refractivity contribution in [3.05, 3.63) is 68.5 Å². The van der Waals surface area contributed by atoms with E-state index in [4.69, 9.17) is 16.6 Å². The molecule has 1 fully saturated rings. The number of nitrogens with zero attached hydrogens (tertiary/aromatic N) is 3. The van der Waals surface area contributed by atoms with Crippen molar-refractivity contribution in [3.63, 3.8) is 0 Å². The molecule has 5 rings (SSSR count). The highest BCUT2D eigenvalue weighted by Gasteiger charge is 2.25. The van der Waals surface area contributed by atoms with E-state index in [-0.39, 0.29) is 5.56 Å². The van der Waals surface area contributed by atoms with Crippen molar-refractivity contribution in [1.82, 2.24) is 19.9 Å². The van der Waals surface area contributed by atoms with Gasteiger partial charge in [0.2, 0.25) is 0 Å². The van der Waals surface area contributed by atoms with Crippen molar-refractivity contribution in [2.45, 2.75) is 57.5 Å². The van der Waals surface area contributed by atoms with Gasteiger partial charge in [0.25, 0.3) is 5.56 Å². The molecule has 2 aliphatic rings. The van der Waals surface area contributed by atoms with Gasteiger partial charge in [-0.3, -0.25) is 9.69 Å². The average molecular weight is 409 g/mol. The molecule has 1 aromatic carbocycles. The lowest BCUT2D eigenvalue weighted by Crippen LogP contribution is -2.36. The largest absolute Gasteiger partial charge is 0.310 e. The van der Waals surface area contributed by atoms with E-state index in [1.54, 1.807) is 0 Å². The van der Waals surface area contributed by atoms with Gasteiger partial charge >= 0.3 is 0 Å². The average Bonchev–Trinajstić information content (AvgIpc) is 2.75. The topological polar surface area (TPSA) is 61.9 Å². The van der Waals surface area contributed by atoms with Crippen molar-refractivity contribution in [2.75, 3.05) is 6.54 Å². The lowest BCUT2D eigenvalue weighted by molar-refractivity contribution is 0.241. The summed E-state index contributed by atoms with van der Waals surface area (Å²) in [4.78, 5) is 27.6. The molecule has 0 radical (unpaired) electrons. The van der Waals surface area contributed by atoms with Gasteiger partial charge in [-0.15, -0.1) is 0 Å². The molecule has 1 N–H and O–H groups in total. The van der Waals surface area contributed by atoms with E-state index in [0.717, 1.165) is 59.4 Å². The molecule has 0 unspecified atom stereocenters. The van der Waals surface area contributed by atoms with Crippen molar-refractivity contribution in [1.29, 1.82) is 0 Å². The van der Waals surface area contributed by atoms with Gasteiger partial charge in [-0.1, -0.05) is 49.1 Å². The van der Waals surface area contributed by atoms with Crippen molar-refractivity contribution >= 4 is 22.5 Å². The van der Waals surface area contributed by atoms with Gasteiger partial charge in [0.15, 0.2) is 0 Å². The van der Waals surface area contributed by atoms with Crippen LogP contribution in [0.5, 0.6) is 0 Å². The molecule has 1 aliphatic carbocycles. The molecular weight excluding hydrogens is 384 g/mol. The third-order valence-corrected chi connectivity index (χ3v) is 6.63. The summed E-state index contributed by atoms with van der Waals surface area (Å²) in [6, 6.07) is 10.1. The minimum absolute atomic E-state index is 0.0306. The van der Waals surface area contributed by atoms with E-state index < -0.39 is 0 Å². The maximum Gasteiger partial charge on any atom is 0.255 e. The zero-order chi connectivity index (χ0) is 19.8. The number of aromatic nitrogens is 3. The first-order chi connectivity index (χ1) is 14.2. The van der Waals surface area contributed by atoms with Crippen molar-refractivity contribution in [2.24, 2.45) is 0 Å². The normalized spacial score (nSPS) is 18.1. The summed E-state index contributed by atoms with van der Waals surface area (Å²) in [6.07, 6.45) is 6.85. The number of pyridine rings is 1. The number of rotatable bonds is 3. The fourth-order valence-electron chi connectivity index (χ4n) is 4.69. The van der Waals surface area contributed by atoms with Crippen LogP contribution in [0.15, 0.2) is 35.1 Å². The van der Waals surface area contributed by atoms with Gasteiger partial charge in [0.1, 0.15) is 11.0 Å². The summed E-state index contributed by atoms with van der Waals surface area (Å²) < 4.78 is 0. The van der Waals surface area contributed by atoms with Crippen LogP contribution in [0.25, 0.3) is 10.9 Å². The fourth-order valence-corrected chi connectivity index (χ4v) is 4.90. The van der Waals surface area contributed by atoms with E-state index in [1.165, 1.54) is 19.3 Å². The second-order valence-corrected chi connectivity index (χ2v) is 8.66. The highest BCUT2D eigenvalue weighted by molar-refractivity contribution is 6.30. The van der Waals surface area contributed by atoms with E-state index in [0.29, 0.717) is 24.2 Å². The van der Waals surface area contributed by atoms with Gasteiger partial charge in [0, 0.05) is 42.9 Å². The first-order valence-electron chi connectivity index (χ1n) is 10.6. The minimum atomic E-state index is 0.0306. The molecule has 6 heteroatoms. The first kappa shape index (κ1) is 18.8. The highest BCUT2D eigenvalue weighted by Crippen LogP contribution is 2.31. The Morgan fingerprint density at radius 1 is 1.14 bits per heavy atom. The SMILES string of the molecule is O=c1[nH]c(C2CCCCC2)nc2c1CN(Cc1cc3ccccc3nc1Cl)CC2. The Hall–Kier alpha value is -2.24. The van der Waals surface area contributed by atoms with E-state index in [2.05, 4.69) is 27.0 Å². The van der Waals surface area contributed by atoms with Gasteiger partial charge < -0.3 is 4.98 Å². The smallest absolute Gasteiger partial charge is 0.255 e. The molecule has 3 heterocycles. The van der Waals surface area contributed by atoms with Crippen LogP contribution in [0.3, 0.4) is 0 Å². The molecule has 0 saturated heterocycles. The highest BCUT2D eigenvalue weighted by atomic mass is 35.5. The van der Waals surface area contributed by atoms with E-state index in [9.17, 15) is 4.79 Å². The Bertz CT molecular complexity index is 1100. The number of fused-ring (bicyclic) bond motifs is 2. The Labute approximate surface area is 175 Å². The molecule has 2 aromatic heterocycles. The molecule has 1 saturated carbocycles. The summed E-state index contributed by atoms with van der Waals surface area (Å²) in [5, 5.41) is 1.62. The summed E-state index contributed by atoms with van der Waals surface area (Å²) in [5.41, 5.74) is 3.72. The Balaban J connectivity index is 1.37. The standard InChI is InChI=1S/C23H25ClN4O/c24-21-17(12-16-8-4-5-9-19(16)25-21)13-28-11-10-20-18(14-28)23(29)27-22(26-20)15-6-2-1-3-7-15/h4-5,8-9,12,15H,1-3,6-7,10-11,13-14H2,(H,26,27,29). The molecule has 5 nitrogen and oxygen atoms in total. The predicted octanol–water partition coefficient (Wildman–Crippen LogP) is 4.58. The van der Waals surface area contributed by atoms with E-state index >= 15 is 0 Å². The van der Waals surface area contributed by atoms with Crippen molar-refractivity contribution in [3.8, 4) is 0 Å². The molecular formula is C23H25ClN4O. The molecule has 0 bridgehead atoms. The molecule has 29 heavy (non-hydrogen) atoms. The lowest BCUT2D eigenvalue weighted by Gasteiger charge is -2.29. The third-order valence-electron chi connectivity index (χ3n) is 6.30. The second-order valence-electron chi connectivity index (χ2n) is 8.30. The van der Waals surface area contributed by atoms with Gasteiger partial charge in [-0.25, -0.2) is 9.97 Å². The maximum atomic E-state index is 12.8. The van der Waals surface area contributed by atoms with Crippen LogP contribution in [0.4, 0.5) is 0 Å². The number of H-pyrrole nitrogens is 1. The summed E-state index contributed by atoms with van der Waals surface area (Å²) >= 11 is 6.44. The Morgan fingerprint density at radius 2 is 1.97 bits per heavy atom. The predicted molar refractivity (Wildman–Crippen MR) is 115 cm³/mol. The second kappa shape index (κ2) is 7.88. The van der Waals surface area contributed by atoms with Crippen LogP contribution >= 0.6 is 11.6 Å². The quantitative estimate of drug-likeness (QED) is 0.644. The summed E-state index contributed by atoms with van der Waals surface area (Å²) in [7, 11) is 0. The van der Waals surface area contributed by atoms with Gasteiger partial charge in [-0.05, 0) is 25.0 Å². The maximum absolute atomic E-state index is 12.8. The van der Waals surface area contributed by atoms with Crippen LogP contribution in [-0.4, -0.2) is 26.4 Å². The van der Waals surface area contributed by atoms with E-state index in [1.807, 2.05) is 18.2 Å². The van der Waals surface area contributed by atoms with Crippen LogP contribution < -0.4 is 5.56 Å². The van der Waals surface area contributed by atoms with Gasteiger partial charge in [0.05, 0.1) is 16.8 Å². The number of hydrogen-bond acceptors (Lipinski definition) is 4. The number of halogens is 1.